The molecule has 51 valence electrons. The molecule has 1 aromatic rings. The maximum Gasteiger partial charge on any atom is 0.138 e. The summed E-state index contributed by atoms with van der Waals surface area (Å²) in [6.07, 6.45) is 0. The van der Waals surface area contributed by atoms with Gasteiger partial charge in [0.2, 0.25) is 0 Å². The van der Waals surface area contributed by atoms with Gasteiger partial charge in [0.25, 0.3) is 0 Å². The second-order valence-corrected chi connectivity index (χ2v) is 5.42. The monoisotopic (exact) mass is 165 g/mol. The fourth-order valence-corrected chi connectivity index (χ4v) is 1.58. The van der Waals surface area contributed by atoms with Gasteiger partial charge in [-0.25, -0.2) is 0 Å². The van der Waals surface area contributed by atoms with Crippen LogP contribution >= 0.6 is 11.3 Å². The van der Waals surface area contributed by atoms with E-state index in [1.165, 1.54) is 4.88 Å². The summed E-state index contributed by atoms with van der Waals surface area (Å²) in [5, 5.41) is 2.06. The molecule has 0 unspecified atom stereocenters. The first kappa shape index (κ1) is 7.58. The minimum Gasteiger partial charge on any atom is -0.135 e. The van der Waals surface area contributed by atoms with Gasteiger partial charge in [0, 0.05) is 0 Å². The van der Waals surface area contributed by atoms with E-state index in [9.17, 15) is 0 Å². The molecule has 0 bridgehead atoms. The molecule has 0 spiro atoms. The molecule has 0 aliphatic carbocycles. The molecule has 0 fully saturated rings. The van der Waals surface area contributed by atoms with Crippen molar-refractivity contribution in [2.45, 2.75) is 13.1 Å². The van der Waals surface area contributed by atoms with E-state index < -0.39 is 0 Å². The van der Waals surface area contributed by atoms with E-state index in [0.29, 0.717) is 0 Å². The Morgan fingerprint density at radius 1 is 1.50 bits per heavy atom. The summed E-state index contributed by atoms with van der Waals surface area (Å²) in [4.78, 5) is 1.19. The molecule has 0 nitrogen and oxygen atoms in total. The lowest BCUT2D eigenvalue weighted by atomic mass is 10.5. The van der Waals surface area contributed by atoms with E-state index in [4.69, 9.17) is 0 Å². The van der Waals surface area contributed by atoms with E-state index in [2.05, 4.69) is 36.0 Å². The van der Waals surface area contributed by atoms with Crippen LogP contribution in [0, 0.1) is 11.5 Å². The highest BCUT2D eigenvalue weighted by molar-refractivity contribution is 7.10. The molecule has 1 radical (unpaired) electrons. The lowest BCUT2D eigenvalue weighted by Gasteiger charge is -1.81. The van der Waals surface area contributed by atoms with E-state index >= 15 is 0 Å². The summed E-state index contributed by atoms with van der Waals surface area (Å²) in [6, 6.07) is 4.09. The zero-order valence-corrected chi connectivity index (χ0v) is 7.96. The first-order valence-electron chi connectivity index (χ1n) is 3.15. The van der Waals surface area contributed by atoms with Crippen molar-refractivity contribution in [3.8, 4) is 11.5 Å². The SMILES string of the molecule is C[Si](C)C#Cc1cccs1. The van der Waals surface area contributed by atoms with Gasteiger partial charge in [-0.15, -0.1) is 16.9 Å². The Morgan fingerprint density at radius 3 is 2.80 bits per heavy atom. The number of hydrogen-bond acceptors (Lipinski definition) is 1. The lowest BCUT2D eigenvalue weighted by Crippen LogP contribution is -1.92. The van der Waals surface area contributed by atoms with E-state index in [0.717, 1.165) is 0 Å². The molecular formula is C8H9SSi. The van der Waals surface area contributed by atoms with Crippen LogP contribution in [0.4, 0.5) is 0 Å². The van der Waals surface area contributed by atoms with Crippen LogP contribution in [-0.4, -0.2) is 8.80 Å². The zero-order chi connectivity index (χ0) is 7.40. The standard InChI is InChI=1S/C8H9SSi/c1-10(2)7-5-8-4-3-6-9-8/h3-4,6H,1-2H3. The molecule has 1 aromatic heterocycles. The lowest BCUT2D eigenvalue weighted by molar-refractivity contribution is 1.93. The maximum absolute atomic E-state index is 3.21. The van der Waals surface area contributed by atoms with Gasteiger partial charge in [-0.1, -0.05) is 25.1 Å². The Kier molecular flexibility index (Phi) is 2.73. The second kappa shape index (κ2) is 3.60. The molecule has 0 atom stereocenters. The highest BCUT2D eigenvalue weighted by atomic mass is 32.1. The number of rotatable bonds is 0. The van der Waals surface area contributed by atoms with Crippen molar-refractivity contribution in [1.82, 2.24) is 0 Å². The third-order valence-electron chi connectivity index (χ3n) is 0.957. The zero-order valence-electron chi connectivity index (χ0n) is 6.14. The molecule has 0 saturated heterocycles. The first-order valence-corrected chi connectivity index (χ1v) is 6.52. The largest absolute Gasteiger partial charge is 0.138 e. The number of thiophene rings is 1. The van der Waals surface area contributed by atoms with Crippen molar-refractivity contribution in [1.29, 1.82) is 0 Å². The molecule has 1 rings (SSSR count). The second-order valence-electron chi connectivity index (χ2n) is 2.23. The normalized spacial score (nSPS) is 9.10. The Hall–Kier alpha value is -0.523. The van der Waals surface area contributed by atoms with Crippen LogP contribution in [0.1, 0.15) is 4.88 Å². The average Bonchev–Trinajstić information content (AvgIpc) is 2.34. The summed E-state index contributed by atoms with van der Waals surface area (Å²) >= 11 is 1.71. The highest BCUT2D eigenvalue weighted by Crippen LogP contribution is 2.05. The van der Waals surface area contributed by atoms with Gasteiger partial charge in [-0.3, -0.25) is 0 Å². The Morgan fingerprint density at radius 2 is 2.30 bits per heavy atom. The highest BCUT2D eigenvalue weighted by Gasteiger charge is 1.87. The van der Waals surface area contributed by atoms with Gasteiger partial charge in [0.1, 0.15) is 8.80 Å². The van der Waals surface area contributed by atoms with E-state index in [-0.39, 0.29) is 8.80 Å². The third-order valence-corrected chi connectivity index (χ3v) is 2.37. The quantitative estimate of drug-likeness (QED) is 0.409. The van der Waals surface area contributed by atoms with Crippen molar-refractivity contribution in [2.75, 3.05) is 0 Å². The van der Waals surface area contributed by atoms with Gasteiger partial charge in [-0.2, -0.15) is 0 Å². The van der Waals surface area contributed by atoms with E-state index in [1.54, 1.807) is 11.3 Å². The summed E-state index contributed by atoms with van der Waals surface area (Å²) in [5.41, 5.74) is 3.21. The predicted octanol–water partition coefficient (Wildman–Crippen LogP) is 2.39. The Bertz CT molecular complexity index is 238. The Labute approximate surface area is 67.5 Å². The number of hydrogen-bond donors (Lipinski definition) is 0. The van der Waals surface area contributed by atoms with Crippen LogP contribution in [0.2, 0.25) is 13.1 Å². The van der Waals surface area contributed by atoms with Gasteiger partial charge in [0.05, 0.1) is 4.88 Å². The van der Waals surface area contributed by atoms with Crippen molar-refractivity contribution in [3.05, 3.63) is 22.4 Å². The molecule has 0 saturated carbocycles. The molecule has 1 heterocycles. The van der Waals surface area contributed by atoms with Crippen LogP contribution in [0.15, 0.2) is 17.5 Å². The van der Waals surface area contributed by atoms with Crippen molar-refractivity contribution in [3.63, 3.8) is 0 Å². The topological polar surface area (TPSA) is 0 Å². The fraction of sp³-hybridized carbons (Fsp3) is 0.250. The summed E-state index contributed by atoms with van der Waals surface area (Å²) < 4.78 is 0. The van der Waals surface area contributed by atoms with Crippen LogP contribution in [0.3, 0.4) is 0 Å². The van der Waals surface area contributed by atoms with Crippen LogP contribution in [0.5, 0.6) is 0 Å². The van der Waals surface area contributed by atoms with Gasteiger partial charge in [-0.05, 0) is 11.4 Å². The van der Waals surface area contributed by atoms with Gasteiger partial charge >= 0.3 is 0 Å². The minimum absolute atomic E-state index is 0.365. The van der Waals surface area contributed by atoms with Crippen LogP contribution in [-0.2, 0) is 0 Å². The minimum atomic E-state index is -0.365. The molecular weight excluding hydrogens is 156 g/mol. The third kappa shape index (κ3) is 2.38. The summed E-state index contributed by atoms with van der Waals surface area (Å²) in [5.74, 6) is 3.14. The molecule has 10 heavy (non-hydrogen) atoms. The average molecular weight is 165 g/mol. The molecule has 0 N–H and O–H groups in total. The van der Waals surface area contributed by atoms with Gasteiger partial charge < -0.3 is 0 Å². The molecule has 0 amide bonds. The summed E-state index contributed by atoms with van der Waals surface area (Å²) in [6.45, 7) is 4.40. The van der Waals surface area contributed by atoms with Crippen molar-refractivity contribution >= 4 is 20.1 Å². The molecule has 2 heteroatoms. The smallest absolute Gasteiger partial charge is 0.135 e. The van der Waals surface area contributed by atoms with Crippen LogP contribution in [0.25, 0.3) is 0 Å². The molecule has 0 aromatic carbocycles. The van der Waals surface area contributed by atoms with Crippen molar-refractivity contribution in [2.24, 2.45) is 0 Å². The first-order chi connectivity index (χ1) is 4.79. The molecule has 0 aliphatic rings. The summed E-state index contributed by atoms with van der Waals surface area (Å²) in [7, 11) is -0.365. The Balaban J connectivity index is 2.66. The molecule has 0 aliphatic heterocycles. The van der Waals surface area contributed by atoms with E-state index in [1.807, 2.05) is 6.07 Å². The van der Waals surface area contributed by atoms with Crippen molar-refractivity contribution < 1.29 is 0 Å². The fourth-order valence-electron chi connectivity index (χ4n) is 0.536. The maximum atomic E-state index is 3.21. The van der Waals surface area contributed by atoms with Gasteiger partial charge in [0.15, 0.2) is 0 Å². The predicted molar refractivity (Wildman–Crippen MR) is 48.7 cm³/mol. The van der Waals surface area contributed by atoms with Crippen LogP contribution < -0.4 is 0 Å².